The van der Waals surface area contributed by atoms with Gasteiger partial charge in [0, 0.05) is 19.3 Å². The molecule has 0 spiro atoms. The quantitative estimate of drug-likeness (QED) is 0.743. The van der Waals surface area contributed by atoms with Gasteiger partial charge >= 0.3 is 10.2 Å². The van der Waals surface area contributed by atoms with Crippen LogP contribution in [-0.4, -0.2) is 26.5 Å². The fourth-order valence-corrected chi connectivity index (χ4v) is 2.56. The summed E-state index contributed by atoms with van der Waals surface area (Å²) in [6.45, 7) is 1.47. The molecule has 1 aromatic heterocycles. The SMILES string of the molecule is O=S(=O)(F)c1cccnc1N1CCCCC1. The number of rotatable bonds is 2. The van der Waals surface area contributed by atoms with Gasteiger partial charge in [-0.25, -0.2) is 4.98 Å². The lowest BCUT2D eigenvalue weighted by atomic mass is 10.1. The van der Waals surface area contributed by atoms with Crippen molar-refractivity contribution < 1.29 is 12.3 Å². The Hall–Kier alpha value is -1.17. The first-order chi connectivity index (χ1) is 7.59. The van der Waals surface area contributed by atoms with E-state index in [1.165, 1.54) is 18.3 Å². The Kier molecular flexibility index (Phi) is 3.09. The van der Waals surface area contributed by atoms with Crippen LogP contribution in [-0.2, 0) is 10.2 Å². The van der Waals surface area contributed by atoms with Crippen LogP contribution in [0.4, 0.5) is 9.70 Å². The van der Waals surface area contributed by atoms with Crippen LogP contribution in [0.2, 0.25) is 0 Å². The molecule has 1 fully saturated rings. The normalized spacial score (nSPS) is 17.4. The van der Waals surface area contributed by atoms with Gasteiger partial charge in [-0.1, -0.05) is 0 Å². The van der Waals surface area contributed by atoms with Gasteiger partial charge in [-0.15, -0.1) is 3.89 Å². The highest BCUT2D eigenvalue weighted by Gasteiger charge is 2.23. The minimum atomic E-state index is -4.69. The molecule has 0 bridgehead atoms. The highest BCUT2D eigenvalue weighted by molar-refractivity contribution is 7.86. The summed E-state index contributed by atoms with van der Waals surface area (Å²) in [5.41, 5.74) is 0. The Morgan fingerprint density at radius 3 is 2.56 bits per heavy atom. The van der Waals surface area contributed by atoms with Crippen molar-refractivity contribution in [2.24, 2.45) is 0 Å². The second-order valence-electron chi connectivity index (χ2n) is 3.81. The zero-order valence-corrected chi connectivity index (χ0v) is 9.58. The van der Waals surface area contributed by atoms with E-state index in [0.29, 0.717) is 0 Å². The summed E-state index contributed by atoms with van der Waals surface area (Å²) in [4.78, 5) is 5.48. The molecular weight excluding hydrogens is 231 g/mol. The van der Waals surface area contributed by atoms with Crippen molar-refractivity contribution in [3.63, 3.8) is 0 Å². The maximum Gasteiger partial charge on any atom is 0.335 e. The average molecular weight is 244 g/mol. The maximum absolute atomic E-state index is 13.0. The highest BCUT2D eigenvalue weighted by Crippen LogP contribution is 2.26. The van der Waals surface area contributed by atoms with Crippen molar-refractivity contribution in [3.05, 3.63) is 18.3 Å². The molecule has 1 aliphatic rings. The van der Waals surface area contributed by atoms with Gasteiger partial charge in [0.05, 0.1) is 0 Å². The molecule has 2 rings (SSSR count). The number of halogens is 1. The lowest BCUT2D eigenvalue weighted by Gasteiger charge is -2.28. The minimum Gasteiger partial charge on any atom is -0.355 e. The number of aromatic nitrogens is 1. The molecule has 0 aliphatic carbocycles. The zero-order chi connectivity index (χ0) is 11.6. The molecule has 1 aliphatic heterocycles. The van der Waals surface area contributed by atoms with E-state index in [9.17, 15) is 12.3 Å². The molecule has 1 saturated heterocycles. The third-order valence-corrected chi connectivity index (χ3v) is 3.51. The molecule has 88 valence electrons. The summed E-state index contributed by atoms with van der Waals surface area (Å²) in [6, 6.07) is 2.69. The van der Waals surface area contributed by atoms with E-state index in [4.69, 9.17) is 0 Å². The van der Waals surface area contributed by atoms with Crippen molar-refractivity contribution >= 4 is 16.0 Å². The molecule has 2 heterocycles. The Morgan fingerprint density at radius 2 is 1.94 bits per heavy atom. The van der Waals surface area contributed by atoms with Gasteiger partial charge in [-0.2, -0.15) is 8.42 Å². The van der Waals surface area contributed by atoms with Crippen LogP contribution in [0.25, 0.3) is 0 Å². The predicted molar refractivity (Wildman–Crippen MR) is 58.6 cm³/mol. The molecule has 0 saturated carbocycles. The van der Waals surface area contributed by atoms with Gasteiger partial charge in [0.25, 0.3) is 0 Å². The second-order valence-corrected chi connectivity index (χ2v) is 5.13. The number of hydrogen-bond acceptors (Lipinski definition) is 4. The lowest BCUT2D eigenvalue weighted by Crippen LogP contribution is -2.31. The number of nitrogens with zero attached hydrogens (tertiary/aromatic N) is 2. The van der Waals surface area contributed by atoms with Gasteiger partial charge in [-0.3, -0.25) is 0 Å². The number of hydrogen-bond donors (Lipinski definition) is 0. The summed E-state index contributed by atoms with van der Waals surface area (Å²) in [6.07, 6.45) is 4.59. The standard InChI is InChI=1S/C10H13FN2O2S/c11-16(14,15)9-5-4-6-12-10(9)13-7-2-1-3-8-13/h4-6H,1-3,7-8H2. The highest BCUT2D eigenvalue weighted by atomic mass is 32.3. The number of pyridine rings is 1. The van der Waals surface area contributed by atoms with Crippen LogP contribution in [0.1, 0.15) is 19.3 Å². The first kappa shape index (κ1) is 11.3. The van der Waals surface area contributed by atoms with Crippen molar-refractivity contribution in [1.29, 1.82) is 0 Å². The first-order valence-electron chi connectivity index (χ1n) is 5.23. The van der Waals surface area contributed by atoms with Crippen molar-refractivity contribution in [1.82, 2.24) is 4.98 Å². The van der Waals surface area contributed by atoms with E-state index >= 15 is 0 Å². The topological polar surface area (TPSA) is 50.3 Å². The van der Waals surface area contributed by atoms with Gasteiger partial charge in [-0.05, 0) is 31.4 Å². The monoisotopic (exact) mass is 244 g/mol. The third-order valence-electron chi connectivity index (χ3n) is 2.67. The van der Waals surface area contributed by atoms with Gasteiger partial charge in [0.1, 0.15) is 10.7 Å². The van der Waals surface area contributed by atoms with Crippen LogP contribution < -0.4 is 4.90 Å². The van der Waals surface area contributed by atoms with Gasteiger partial charge in [0.15, 0.2) is 0 Å². The van der Waals surface area contributed by atoms with Crippen LogP contribution in [0.5, 0.6) is 0 Å². The zero-order valence-electron chi connectivity index (χ0n) is 8.76. The van der Waals surface area contributed by atoms with Crippen LogP contribution in [0.15, 0.2) is 23.2 Å². The fourth-order valence-electron chi connectivity index (χ4n) is 1.92. The Balaban J connectivity index is 2.40. The largest absolute Gasteiger partial charge is 0.355 e. The summed E-state index contributed by atoms with van der Waals surface area (Å²) in [5, 5.41) is 0. The van der Waals surface area contributed by atoms with E-state index in [-0.39, 0.29) is 10.7 Å². The molecule has 16 heavy (non-hydrogen) atoms. The van der Waals surface area contributed by atoms with Crippen LogP contribution in [0.3, 0.4) is 0 Å². The van der Waals surface area contributed by atoms with Crippen molar-refractivity contribution in [2.75, 3.05) is 18.0 Å². The van der Waals surface area contributed by atoms with E-state index in [1.54, 1.807) is 0 Å². The Morgan fingerprint density at radius 1 is 1.25 bits per heavy atom. The van der Waals surface area contributed by atoms with Gasteiger partial charge in [0.2, 0.25) is 0 Å². The van der Waals surface area contributed by atoms with Crippen LogP contribution >= 0.6 is 0 Å². The average Bonchev–Trinajstić information content (AvgIpc) is 2.29. The molecule has 0 radical (unpaired) electrons. The Labute approximate surface area is 94.3 Å². The van der Waals surface area contributed by atoms with Crippen molar-refractivity contribution in [3.8, 4) is 0 Å². The summed E-state index contributed by atoms with van der Waals surface area (Å²) >= 11 is 0. The molecule has 0 aromatic carbocycles. The lowest BCUT2D eigenvalue weighted by molar-refractivity contribution is 0.545. The van der Waals surface area contributed by atoms with Crippen LogP contribution in [0, 0.1) is 0 Å². The minimum absolute atomic E-state index is 0.240. The summed E-state index contributed by atoms with van der Waals surface area (Å²) in [5.74, 6) is 0.240. The molecule has 0 unspecified atom stereocenters. The molecule has 0 amide bonds. The molecule has 4 nitrogen and oxygen atoms in total. The predicted octanol–water partition coefficient (Wildman–Crippen LogP) is 1.73. The Bertz CT molecular complexity index is 469. The first-order valence-corrected chi connectivity index (χ1v) is 6.62. The van der Waals surface area contributed by atoms with E-state index < -0.39 is 10.2 Å². The number of piperidine rings is 1. The van der Waals surface area contributed by atoms with Crippen molar-refractivity contribution in [2.45, 2.75) is 24.2 Å². The maximum atomic E-state index is 13.0. The summed E-state index contributed by atoms with van der Waals surface area (Å²) < 4.78 is 35.0. The molecule has 6 heteroatoms. The molecular formula is C10H13FN2O2S. The van der Waals surface area contributed by atoms with E-state index in [0.717, 1.165) is 32.4 Å². The third kappa shape index (κ3) is 2.32. The second kappa shape index (κ2) is 4.37. The molecule has 0 atom stereocenters. The molecule has 0 N–H and O–H groups in total. The van der Waals surface area contributed by atoms with Gasteiger partial charge < -0.3 is 4.90 Å². The molecule has 1 aromatic rings. The summed E-state index contributed by atoms with van der Waals surface area (Å²) in [7, 11) is -4.69. The van der Waals surface area contributed by atoms with E-state index in [2.05, 4.69) is 4.98 Å². The number of anilines is 1. The fraction of sp³-hybridized carbons (Fsp3) is 0.500. The smallest absolute Gasteiger partial charge is 0.335 e. The van der Waals surface area contributed by atoms with E-state index in [1.807, 2.05) is 4.90 Å².